The fourth-order valence-electron chi connectivity index (χ4n) is 1.85. The molecule has 1 aliphatic rings. The van der Waals surface area contributed by atoms with Crippen molar-refractivity contribution in [3.05, 3.63) is 18.0 Å². The minimum Gasteiger partial charge on any atom is -0.479 e. The van der Waals surface area contributed by atoms with E-state index >= 15 is 0 Å². The maximum atomic E-state index is 12.0. The first-order valence-electron chi connectivity index (χ1n) is 5.91. The largest absolute Gasteiger partial charge is 0.479 e. The van der Waals surface area contributed by atoms with Gasteiger partial charge in [-0.3, -0.25) is 9.48 Å². The quantitative estimate of drug-likeness (QED) is 0.681. The van der Waals surface area contributed by atoms with Crippen LogP contribution in [-0.2, 0) is 16.6 Å². The Morgan fingerprint density at radius 3 is 3.00 bits per heavy atom. The number of nitrogens with one attached hydrogen (secondary N) is 2. The monoisotopic (exact) mass is 284 g/mol. The molecule has 1 saturated heterocycles. The number of carboxylic acids is 1. The summed E-state index contributed by atoms with van der Waals surface area (Å²) in [5.41, 5.74) is 0.465. The van der Waals surface area contributed by atoms with Crippen LogP contribution in [0.3, 0.4) is 0 Å². The van der Waals surface area contributed by atoms with Crippen LogP contribution in [0.25, 0.3) is 0 Å². The van der Waals surface area contributed by atoms with Gasteiger partial charge in [0.05, 0.1) is 12.2 Å². The number of hydrogen-bond acceptors (Lipinski definition) is 5. The Balaban J connectivity index is 2.04. The summed E-state index contributed by atoms with van der Waals surface area (Å²) in [6.07, 6.45) is 3.03. The first-order chi connectivity index (χ1) is 9.08. The zero-order valence-corrected chi connectivity index (χ0v) is 11.3. The number of aliphatic carboxylic acids is 1. The molecule has 1 amide bonds. The smallest absolute Gasteiger partial charge is 0.331 e. The molecule has 0 saturated carbocycles. The molecule has 1 aliphatic heterocycles. The molecule has 7 nitrogen and oxygen atoms in total. The highest BCUT2D eigenvalue weighted by Crippen LogP contribution is 2.14. The number of carbonyl (C=O) groups is 2. The average Bonchev–Trinajstić information content (AvgIpc) is 2.82. The third-order valence-corrected chi connectivity index (χ3v) is 3.89. The van der Waals surface area contributed by atoms with E-state index in [0.29, 0.717) is 11.3 Å². The number of rotatable bonds is 4. The van der Waals surface area contributed by atoms with Crippen molar-refractivity contribution in [3.63, 3.8) is 0 Å². The highest BCUT2D eigenvalue weighted by molar-refractivity contribution is 7.99. The molecule has 2 atom stereocenters. The molecule has 2 rings (SSSR count). The second-order valence-corrected chi connectivity index (χ2v) is 5.46. The van der Waals surface area contributed by atoms with Gasteiger partial charge in [-0.05, 0) is 0 Å². The minimum atomic E-state index is -1.09. The molecule has 0 spiro atoms. The molecule has 1 aromatic rings. The van der Waals surface area contributed by atoms with Gasteiger partial charge in [0.1, 0.15) is 0 Å². The Labute approximate surface area is 114 Å². The van der Waals surface area contributed by atoms with Crippen LogP contribution in [0, 0.1) is 0 Å². The van der Waals surface area contributed by atoms with Crippen LogP contribution in [0.5, 0.6) is 0 Å². The summed E-state index contributed by atoms with van der Waals surface area (Å²) in [4.78, 5) is 23.3. The molecule has 8 heteroatoms. The maximum Gasteiger partial charge on any atom is 0.331 e. The predicted octanol–water partition coefficient (Wildman–Crippen LogP) is -0.633. The van der Waals surface area contributed by atoms with E-state index in [0.717, 1.165) is 12.3 Å². The summed E-state index contributed by atoms with van der Waals surface area (Å²) in [6, 6.07) is -1.40. The van der Waals surface area contributed by atoms with Crippen molar-refractivity contribution in [2.24, 2.45) is 7.05 Å². The van der Waals surface area contributed by atoms with E-state index in [4.69, 9.17) is 0 Å². The topological polar surface area (TPSA) is 96.2 Å². The number of aryl methyl sites for hydroxylation is 1. The van der Waals surface area contributed by atoms with Gasteiger partial charge in [0.2, 0.25) is 5.91 Å². The van der Waals surface area contributed by atoms with Gasteiger partial charge in [-0.1, -0.05) is 0 Å². The number of nitrogens with zero attached hydrogens (tertiary/aromatic N) is 2. The molecule has 0 bridgehead atoms. The molecular weight excluding hydrogens is 268 g/mol. The van der Waals surface area contributed by atoms with Crippen molar-refractivity contribution < 1.29 is 14.7 Å². The lowest BCUT2D eigenvalue weighted by molar-refractivity contribution is -0.142. The minimum absolute atomic E-state index is 0.288. The molecule has 19 heavy (non-hydrogen) atoms. The van der Waals surface area contributed by atoms with E-state index in [1.54, 1.807) is 25.0 Å². The van der Waals surface area contributed by atoms with Crippen LogP contribution in [0.15, 0.2) is 12.4 Å². The lowest BCUT2D eigenvalue weighted by Crippen LogP contribution is -2.50. The lowest BCUT2D eigenvalue weighted by atomic mass is 10.1. The van der Waals surface area contributed by atoms with Gasteiger partial charge in [-0.2, -0.15) is 16.9 Å². The van der Waals surface area contributed by atoms with Crippen molar-refractivity contribution in [2.45, 2.75) is 12.1 Å². The molecule has 1 fully saturated rings. The van der Waals surface area contributed by atoms with Crippen molar-refractivity contribution in [1.29, 1.82) is 0 Å². The van der Waals surface area contributed by atoms with Crippen molar-refractivity contribution in [3.8, 4) is 0 Å². The van der Waals surface area contributed by atoms with Gasteiger partial charge in [-0.25, -0.2) is 4.79 Å². The van der Waals surface area contributed by atoms with Crippen LogP contribution in [0.1, 0.15) is 11.6 Å². The van der Waals surface area contributed by atoms with Crippen LogP contribution in [0.2, 0.25) is 0 Å². The highest BCUT2D eigenvalue weighted by Gasteiger charge is 2.28. The molecule has 2 heterocycles. The Hall–Kier alpha value is -1.54. The van der Waals surface area contributed by atoms with E-state index in [-0.39, 0.29) is 11.9 Å². The number of carbonyl (C=O) groups excluding carboxylic acids is 1. The van der Waals surface area contributed by atoms with Crippen LogP contribution in [0.4, 0.5) is 0 Å². The average molecular weight is 284 g/mol. The Bertz CT molecular complexity index is 470. The van der Waals surface area contributed by atoms with E-state index in [2.05, 4.69) is 15.7 Å². The molecule has 2 unspecified atom stereocenters. The number of amides is 1. The van der Waals surface area contributed by atoms with Crippen LogP contribution in [-0.4, -0.2) is 50.9 Å². The van der Waals surface area contributed by atoms with Crippen molar-refractivity contribution in [2.75, 3.05) is 18.1 Å². The highest BCUT2D eigenvalue weighted by atomic mass is 32.2. The fourth-order valence-corrected chi connectivity index (χ4v) is 2.79. The predicted molar refractivity (Wildman–Crippen MR) is 70.8 cm³/mol. The second kappa shape index (κ2) is 6.07. The van der Waals surface area contributed by atoms with Gasteiger partial charge in [0.15, 0.2) is 6.04 Å². The molecule has 0 aliphatic carbocycles. The summed E-state index contributed by atoms with van der Waals surface area (Å²) in [7, 11) is 1.70. The molecule has 3 N–H and O–H groups in total. The maximum absolute atomic E-state index is 12.0. The Kier molecular flexibility index (Phi) is 4.43. The SMILES string of the molecule is Cn1cc(C(NC(=O)C2CSCCN2)C(=O)O)cn1. The molecule has 104 valence electrons. The molecule has 1 aromatic heterocycles. The van der Waals surface area contributed by atoms with Gasteiger partial charge >= 0.3 is 5.97 Å². The molecule has 0 aromatic carbocycles. The van der Waals surface area contributed by atoms with Gasteiger partial charge < -0.3 is 15.7 Å². The number of thioether (sulfide) groups is 1. The summed E-state index contributed by atoms with van der Waals surface area (Å²) in [5, 5.41) is 18.7. The number of carboxylic acid groups (broad SMARTS) is 1. The standard InChI is InChI=1S/C11H16N4O3S/c1-15-5-7(4-13-15)9(11(17)18)14-10(16)8-6-19-3-2-12-8/h4-5,8-9,12H,2-3,6H2,1H3,(H,14,16)(H,17,18). The summed E-state index contributed by atoms with van der Waals surface area (Å²) >= 11 is 1.68. The second-order valence-electron chi connectivity index (χ2n) is 4.31. The van der Waals surface area contributed by atoms with E-state index in [9.17, 15) is 14.7 Å². The summed E-state index contributed by atoms with van der Waals surface area (Å²) in [6.45, 7) is 0.757. The van der Waals surface area contributed by atoms with Gasteiger partial charge in [0.25, 0.3) is 0 Å². The van der Waals surface area contributed by atoms with Crippen molar-refractivity contribution in [1.82, 2.24) is 20.4 Å². The third kappa shape index (κ3) is 3.48. The zero-order valence-electron chi connectivity index (χ0n) is 10.5. The third-order valence-electron chi connectivity index (χ3n) is 2.83. The Morgan fingerprint density at radius 1 is 1.68 bits per heavy atom. The number of aromatic nitrogens is 2. The molecular formula is C11H16N4O3S. The van der Waals surface area contributed by atoms with Gasteiger partial charge in [-0.15, -0.1) is 0 Å². The van der Waals surface area contributed by atoms with Crippen molar-refractivity contribution >= 4 is 23.6 Å². The van der Waals surface area contributed by atoms with Crippen LogP contribution < -0.4 is 10.6 Å². The van der Waals surface area contributed by atoms with E-state index in [1.807, 2.05) is 0 Å². The number of hydrogen-bond donors (Lipinski definition) is 3. The fraction of sp³-hybridized carbons (Fsp3) is 0.545. The van der Waals surface area contributed by atoms with E-state index < -0.39 is 12.0 Å². The summed E-state index contributed by atoms with van der Waals surface area (Å²) in [5.74, 6) is 0.244. The summed E-state index contributed by atoms with van der Waals surface area (Å²) < 4.78 is 1.51. The zero-order chi connectivity index (χ0) is 13.8. The first-order valence-corrected chi connectivity index (χ1v) is 7.06. The first kappa shape index (κ1) is 13.9. The Morgan fingerprint density at radius 2 is 2.47 bits per heavy atom. The van der Waals surface area contributed by atoms with Gasteiger partial charge in [0, 0.05) is 36.9 Å². The van der Waals surface area contributed by atoms with E-state index in [1.165, 1.54) is 10.9 Å². The van der Waals surface area contributed by atoms with Crippen LogP contribution >= 0.6 is 11.8 Å². The normalized spacial score (nSPS) is 20.8. The molecule has 0 radical (unpaired) electrons. The lowest BCUT2D eigenvalue weighted by Gasteiger charge is -2.23.